The van der Waals surface area contributed by atoms with E-state index in [9.17, 15) is 4.79 Å². The maximum atomic E-state index is 12.4. The van der Waals surface area contributed by atoms with Crippen molar-refractivity contribution in [2.24, 2.45) is 0 Å². The fourth-order valence-electron chi connectivity index (χ4n) is 2.99. The summed E-state index contributed by atoms with van der Waals surface area (Å²) in [5.41, 5.74) is 2.86. The summed E-state index contributed by atoms with van der Waals surface area (Å²) in [6, 6.07) is 6.26. The van der Waals surface area contributed by atoms with Gasteiger partial charge in [0.05, 0.1) is 12.2 Å². The van der Waals surface area contributed by atoms with Gasteiger partial charge in [-0.05, 0) is 61.2 Å². The minimum absolute atomic E-state index is 0.154. The molecule has 2 heterocycles. The predicted octanol–water partition coefficient (Wildman–Crippen LogP) is 1.78. The van der Waals surface area contributed by atoms with E-state index in [0.717, 1.165) is 36.3 Å². The number of likely N-dealkylation sites (tertiary alicyclic amines) is 1. The first-order valence-corrected chi connectivity index (χ1v) is 8.02. The average molecular weight is 314 g/mol. The lowest BCUT2D eigenvalue weighted by Gasteiger charge is -2.33. The molecule has 0 spiro atoms. The minimum Gasteiger partial charge on any atom is -0.376 e. The number of nitrogens with one attached hydrogen (secondary N) is 1. The molecule has 7 heteroatoms. The molecule has 0 aliphatic carbocycles. The number of benzene rings is 1. The first kappa shape index (κ1) is 15.5. The van der Waals surface area contributed by atoms with Crippen molar-refractivity contribution in [3.05, 3.63) is 30.1 Å². The summed E-state index contributed by atoms with van der Waals surface area (Å²) in [4.78, 5) is 14.4. The van der Waals surface area contributed by atoms with E-state index < -0.39 is 0 Å². The molecule has 7 nitrogen and oxygen atoms in total. The van der Waals surface area contributed by atoms with Crippen LogP contribution in [0.2, 0.25) is 0 Å². The predicted molar refractivity (Wildman–Crippen MR) is 87.4 cm³/mol. The Hall–Kier alpha value is -2.44. The van der Waals surface area contributed by atoms with Crippen molar-refractivity contribution in [3.63, 3.8) is 0 Å². The zero-order valence-corrected chi connectivity index (χ0v) is 13.6. The molecule has 1 atom stereocenters. The fraction of sp³-hybridized carbons (Fsp3) is 0.500. The highest BCUT2D eigenvalue weighted by molar-refractivity contribution is 5.81. The van der Waals surface area contributed by atoms with Crippen LogP contribution in [0, 0.1) is 6.92 Å². The molecule has 1 aliphatic rings. The largest absolute Gasteiger partial charge is 0.376 e. The van der Waals surface area contributed by atoms with Crippen LogP contribution in [0.5, 0.6) is 0 Å². The molecule has 3 rings (SSSR count). The van der Waals surface area contributed by atoms with Crippen LogP contribution in [-0.2, 0) is 4.79 Å². The molecular weight excluding hydrogens is 292 g/mol. The number of rotatable bonds is 4. The van der Waals surface area contributed by atoms with Gasteiger partial charge in [0.25, 0.3) is 0 Å². The second-order valence-electron chi connectivity index (χ2n) is 6.04. The Morgan fingerprint density at radius 3 is 3.00 bits per heavy atom. The molecule has 0 unspecified atom stereocenters. The topological polar surface area (TPSA) is 75.9 Å². The molecule has 1 N–H and O–H groups in total. The van der Waals surface area contributed by atoms with Crippen LogP contribution in [0.15, 0.2) is 24.5 Å². The summed E-state index contributed by atoms with van der Waals surface area (Å²) < 4.78 is 1.62. The number of hydrogen-bond acceptors (Lipinski definition) is 5. The van der Waals surface area contributed by atoms with Crippen LogP contribution in [0.4, 0.5) is 5.69 Å². The van der Waals surface area contributed by atoms with Crippen molar-refractivity contribution in [1.29, 1.82) is 0 Å². The van der Waals surface area contributed by atoms with Crippen molar-refractivity contribution in [2.75, 3.05) is 18.4 Å². The highest BCUT2D eigenvalue weighted by Gasteiger charge is 2.22. The van der Waals surface area contributed by atoms with E-state index in [1.54, 1.807) is 11.0 Å². The Morgan fingerprint density at radius 2 is 2.26 bits per heavy atom. The van der Waals surface area contributed by atoms with E-state index in [2.05, 4.69) is 27.8 Å². The van der Waals surface area contributed by atoms with Gasteiger partial charge >= 0.3 is 0 Å². The molecule has 1 aromatic carbocycles. The number of carbonyl (C=O) groups is 1. The number of aryl methyl sites for hydroxylation is 1. The molecular formula is C16H22N6O. The van der Waals surface area contributed by atoms with E-state index in [0.29, 0.717) is 12.6 Å². The summed E-state index contributed by atoms with van der Waals surface area (Å²) >= 11 is 0. The second-order valence-corrected chi connectivity index (χ2v) is 6.04. The number of carbonyl (C=O) groups excluding carboxylic acids is 1. The molecule has 1 fully saturated rings. The molecule has 2 aromatic rings. The SMILES string of the molecule is Cc1ccc(NCC(=O)N2CCCC[C@H]2C)cc1-n1cnnn1. The van der Waals surface area contributed by atoms with Crippen LogP contribution in [0.1, 0.15) is 31.7 Å². The summed E-state index contributed by atoms with van der Waals surface area (Å²) in [5.74, 6) is 0.154. The van der Waals surface area contributed by atoms with Crippen LogP contribution in [0.25, 0.3) is 5.69 Å². The summed E-state index contributed by atoms with van der Waals surface area (Å²) in [5, 5.41) is 14.5. The number of piperidine rings is 1. The molecule has 122 valence electrons. The summed E-state index contributed by atoms with van der Waals surface area (Å²) in [7, 11) is 0. The maximum absolute atomic E-state index is 12.4. The number of hydrogen-bond donors (Lipinski definition) is 1. The smallest absolute Gasteiger partial charge is 0.242 e. The van der Waals surface area contributed by atoms with Crippen LogP contribution >= 0.6 is 0 Å². The van der Waals surface area contributed by atoms with Gasteiger partial charge in [-0.1, -0.05) is 6.07 Å². The van der Waals surface area contributed by atoms with Gasteiger partial charge in [0.1, 0.15) is 6.33 Å². The number of amides is 1. The Kier molecular flexibility index (Phi) is 4.55. The molecule has 1 amide bonds. The Morgan fingerprint density at radius 1 is 1.39 bits per heavy atom. The van der Waals surface area contributed by atoms with Crippen molar-refractivity contribution in [2.45, 2.75) is 39.2 Å². The van der Waals surface area contributed by atoms with Crippen molar-refractivity contribution in [3.8, 4) is 5.69 Å². The monoisotopic (exact) mass is 314 g/mol. The lowest BCUT2D eigenvalue weighted by Crippen LogP contribution is -2.44. The first-order valence-electron chi connectivity index (χ1n) is 8.02. The molecule has 1 saturated heterocycles. The van der Waals surface area contributed by atoms with Gasteiger partial charge < -0.3 is 10.2 Å². The summed E-state index contributed by atoms with van der Waals surface area (Å²) in [6.07, 6.45) is 4.97. The lowest BCUT2D eigenvalue weighted by atomic mass is 10.0. The number of tetrazole rings is 1. The van der Waals surface area contributed by atoms with Gasteiger partial charge in [-0.15, -0.1) is 5.10 Å². The van der Waals surface area contributed by atoms with Gasteiger partial charge in [0.2, 0.25) is 5.91 Å². The number of nitrogens with zero attached hydrogens (tertiary/aromatic N) is 5. The van der Waals surface area contributed by atoms with Crippen molar-refractivity contribution in [1.82, 2.24) is 25.1 Å². The molecule has 1 aliphatic heterocycles. The van der Waals surface area contributed by atoms with Crippen LogP contribution < -0.4 is 5.32 Å². The third-order valence-corrected chi connectivity index (χ3v) is 4.37. The zero-order chi connectivity index (χ0) is 16.2. The van der Waals surface area contributed by atoms with Crippen molar-refractivity contribution >= 4 is 11.6 Å². The maximum Gasteiger partial charge on any atom is 0.242 e. The quantitative estimate of drug-likeness (QED) is 0.931. The van der Waals surface area contributed by atoms with E-state index in [1.807, 2.05) is 30.0 Å². The van der Waals surface area contributed by atoms with Gasteiger partial charge in [0.15, 0.2) is 0 Å². The second kappa shape index (κ2) is 6.76. The van der Waals surface area contributed by atoms with Crippen LogP contribution in [0.3, 0.4) is 0 Å². The third kappa shape index (κ3) is 3.49. The Balaban J connectivity index is 1.66. The normalized spacial score (nSPS) is 18.0. The first-order chi connectivity index (χ1) is 11.1. The standard InChI is InChI=1S/C16H22N6O/c1-12-6-7-14(9-15(12)22-11-18-19-20-22)17-10-16(23)21-8-4-3-5-13(21)2/h6-7,9,11,13,17H,3-5,8,10H2,1-2H3/t13-/m1/s1. The van der Waals surface area contributed by atoms with Gasteiger partial charge in [-0.3, -0.25) is 4.79 Å². The van der Waals surface area contributed by atoms with E-state index in [4.69, 9.17) is 0 Å². The van der Waals surface area contributed by atoms with Gasteiger partial charge in [-0.25, -0.2) is 4.68 Å². The van der Waals surface area contributed by atoms with Gasteiger partial charge in [0, 0.05) is 18.3 Å². The van der Waals surface area contributed by atoms with Crippen LogP contribution in [-0.4, -0.2) is 50.1 Å². The molecule has 0 radical (unpaired) electrons. The van der Waals surface area contributed by atoms with E-state index in [-0.39, 0.29) is 5.91 Å². The zero-order valence-electron chi connectivity index (χ0n) is 13.6. The molecule has 23 heavy (non-hydrogen) atoms. The molecule has 1 aromatic heterocycles. The lowest BCUT2D eigenvalue weighted by molar-refractivity contribution is -0.132. The Labute approximate surface area is 135 Å². The summed E-state index contributed by atoms with van der Waals surface area (Å²) in [6.45, 7) is 5.30. The van der Waals surface area contributed by atoms with E-state index in [1.165, 1.54) is 6.42 Å². The molecule has 0 saturated carbocycles. The average Bonchev–Trinajstić information content (AvgIpc) is 3.08. The highest BCUT2D eigenvalue weighted by Crippen LogP contribution is 2.19. The number of aromatic nitrogens is 4. The van der Waals surface area contributed by atoms with Crippen molar-refractivity contribution < 1.29 is 4.79 Å². The molecule has 0 bridgehead atoms. The van der Waals surface area contributed by atoms with E-state index >= 15 is 0 Å². The Bertz CT molecular complexity index is 669. The highest BCUT2D eigenvalue weighted by atomic mass is 16.2. The third-order valence-electron chi connectivity index (χ3n) is 4.37. The number of anilines is 1. The van der Waals surface area contributed by atoms with Gasteiger partial charge in [-0.2, -0.15) is 0 Å². The fourth-order valence-corrected chi connectivity index (χ4v) is 2.99. The minimum atomic E-state index is 0.154.